The summed E-state index contributed by atoms with van der Waals surface area (Å²) in [6.07, 6.45) is 1.25. The number of hydrazone groups is 1. The topological polar surface area (TPSA) is 93.8 Å². The minimum Gasteiger partial charge on any atom is -0.489 e. The minimum atomic E-state index is -0.534. The minimum absolute atomic E-state index is 0.117. The molecule has 29 heavy (non-hydrogen) atoms. The number of carbonyl (C=O) groups excluding carboxylic acids is 1. The summed E-state index contributed by atoms with van der Waals surface area (Å²) in [4.78, 5) is 22.5. The van der Waals surface area contributed by atoms with Crippen molar-refractivity contribution >= 4 is 29.4 Å². The Hall–Kier alpha value is -3.71. The van der Waals surface area contributed by atoms with E-state index in [2.05, 4.69) is 10.5 Å². The van der Waals surface area contributed by atoms with Gasteiger partial charge in [-0.1, -0.05) is 41.9 Å². The third-order valence-corrected chi connectivity index (χ3v) is 4.27. The van der Waals surface area contributed by atoms with Crippen LogP contribution < -0.4 is 10.2 Å². The van der Waals surface area contributed by atoms with Crippen molar-refractivity contribution in [1.29, 1.82) is 0 Å². The van der Waals surface area contributed by atoms with Crippen LogP contribution in [0.15, 0.2) is 77.9 Å². The number of halogens is 1. The molecule has 146 valence electrons. The van der Waals surface area contributed by atoms with Crippen molar-refractivity contribution in [2.45, 2.75) is 6.61 Å². The number of ether oxygens (including phenoxy) is 1. The molecule has 0 aliphatic carbocycles. The van der Waals surface area contributed by atoms with E-state index >= 15 is 0 Å². The van der Waals surface area contributed by atoms with E-state index in [4.69, 9.17) is 16.3 Å². The van der Waals surface area contributed by atoms with Crippen LogP contribution in [-0.4, -0.2) is 17.0 Å². The van der Waals surface area contributed by atoms with E-state index in [-0.39, 0.29) is 10.7 Å². The molecule has 0 aromatic heterocycles. The van der Waals surface area contributed by atoms with Crippen LogP contribution in [0.2, 0.25) is 5.02 Å². The fourth-order valence-corrected chi connectivity index (χ4v) is 2.58. The second kappa shape index (κ2) is 9.48. The van der Waals surface area contributed by atoms with Crippen LogP contribution in [0.1, 0.15) is 21.5 Å². The number of rotatable bonds is 7. The van der Waals surface area contributed by atoms with Crippen LogP contribution in [-0.2, 0) is 6.61 Å². The number of non-ortho nitro benzene ring substituents is 1. The Labute approximate surface area is 171 Å². The molecule has 3 aromatic rings. The lowest BCUT2D eigenvalue weighted by Crippen LogP contribution is -2.17. The third kappa shape index (κ3) is 5.63. The summed E-state index contributed by atoms with van der Waals surface area (Å²) < 4.78 is 5.68. The van der Waals surface area contributed by atoms with Crippen molar-refractivity contribution in [3.8, 4) is 5.75 Å². The molecule has 0 atom stereocenters. The average molecular weight is 410 g/mol. The largest absolute Gasteiger partial charge is 0.489 e. The molecule has 3 rings (SSSR count). The van der Waals surface area contributed by atoms with Gasteiger partial charge in [-0.15, -0.1) is 0 Å². The van der Waals surface area contributed by atoms with Crippen molar-refractivity contribution < 1.29 is 14.5 Å². The van der Waals surface area contributed by atoms with Gasteiger partial charge in [-0.2, -0.15) is 5.10 Å². The summed E-state index contributed by atoms with van der Waals surface area (Å²) in [6, 6.07) is 20.3. The summed E-state index contributed by atoms with van der Waals surface area (Å²) >= 11 is 5.98. The summed E-state index contributed by atoms with van der Waals surface area (Å²) in [5.41, 5.74) is 4.00. The Morgan fingerprint density at radius 2 is 1.83 bits per heavy atom. The summed E-state index contributed by atoms with van der Waals surface area (Å²) in [5.74, 6) is 0.203. The first-order chi connectivity index (χ1) is 14.0. The molecule has 0 bridgehead atoms. The lowest BCUT2D eigenvalue weighted by Gasteiger charge is -2.07. The van der Waals surface area contributed by atoms with Gasteiger partial charge in [0.15, 0.2) is 0 Å². The predicted molar refractivity (Wildman–Crippen MR) is 110 cm³/mol. The molecule has 0 radical (unpaired) electrons. The van der Waals surface area contributed by atoms with Gasteiger partial charge < -0.3 is 4.74 Å². The first-order valence-corrected chi connectivity index (χ1v) is 8.95. The Bertz CT molecular complexity index is 1040. The van der Waals surface area contributed by atoms with Crippen molar-refractivity contribution in [3.05, 3.63) is 105 Å². The monoisotopic (exact) mass is 409 g/mol. The molecular formula is C21H16ClN3O4. The highest BCUT2D eigenvalue weighted by atomic mass is 35.5. The predicted octanol–water partition coefficient (Wildman–Crippen LogP) is 4.59. The highest BCUT2D eigenvalue weighted by Gasteiger charge is 2.09. The first kappa shape index (κ1) is 20.0. The van der Waals surface area contributed by atoms with Gasteiger partial charge in [-0.25, -0.2) is 5.43 Å². The summed E-state index contributed by atoms with van der Waals surface area (Å²) in [5, 5.41) is 14.9. The molecule has 0 aliphatic heterocycles. The van der Waals surface area contributed by atoms with Crippen LogP contribution in [0, 0.1) is 10.1 Å². The third-order valence-electron chi connectivity index (χ3n) is 3.92. The van der Waals surface area contributed by atoms with Crippen LogP contribution in [0.5, 0.6) is 5.75 Å². The van der Waals surface area contributed by atoms with Crippen LogP contribution >= 0.6 is 11.6 Å². The smallest absolute Gasteiger partial charge is 0.271 e. The molecule has 1 N–H and O–H groups in total. The van der Waals surface area contributed by atoms with Crippen molar-refractivity contribution in [2.75, 3.05) is 0 Å². The Morgan fingerprint density at radius 3 is 2.52 bits per heavy atom. The fourth-order valence-electron chi connectivity index (χ4n) is 2.41. The number of benzene rings is 3. The molecule has 0 spiro atoms. The van der Waals surface area contributed by atoms with Crippen LogP contribution in [0.25, 0.3) is 0 Å². The van der Waals surface area contributed by atoms with Gasteiger partial charge in [-0.05, 0) is 35.9 Å². The number of hydrogen-bond acceptors (Lipinski definition) is 5. The van der Waals surface area contributed by atoms with Gasteiger partial charge in [0, 0.05) is 28.3 Å². The maximum Gasteiger partial charge on any atom is 0.271 e. The molecule has 1 amide bonds. The number of nitrogens with one attached hydrogen (secondary N) is 1. The van der Waals surface area contributed by atoms with E-state index < -0.39 is 10.8 Å². The van der Waals surface area contributed by atoms with Crippen molar-refractivity contribution in [2.24, 2.45) is 5.10 Å². The maximum atomic E-state index is 12.2. The average Bonchev–Trinajstić information content (AvgIpc) is 2.74. The van der Waals surface area contributed by atoms with Gasteiger partial charge in [0.05, 0.1) is 11.1 Å². The lowest BCUT2D eigenvalue weighted by molar-refractivity contribution is -0.384. The maximum absolute atomic E-state index is 12.2. The zero-order valence-corrected chi connectivity index (χ0v) is 15.9. The molecule has 0 unspecified atom stereocenters. The second-order valence-electron chi connectivity index (χ2n) is 5.96. The van der Waals surface area contributed by atoms with E-state index in [0.717, 1.165) is 5.56 Å². The highest BCUT2D eigenvalue weighted by Crippen LogP contribution is 2.20. The molecular weight excluding hydrogens is 394 g/mol. The normalized spacial score (nSPS) is 10.7. The van der Waals surface area contributed by atoms with Gasteiger partial charge in [0.2, 0.25) is 0 Å². The summed E-state index contributed by atoms with van der Waals surface area (Å²) in [6.45, 7) is 0.431. The number of carbonyl (C=O) groups is 1. The molecule has 0 fully saturated rings. The van der Waals surface area contributed by atoms with Gasteiger partial charge in [-0.3, -0.25) is 14.9 Å². The van der Waals surface area contributed by atoms with E-state index in [0.29, 0.717) is 23.5 Å². The molecule has 3 aromatic carbocycles. The molecule has 0 saturated heterocycles. The van der Waals surface area contributed by atoms with Gasteiger partial charge in [0.25, 0.3) is 11.6 Å². The number of hydrogen-bond donors (Lipinski definition) is 1. The molecule has 0 heterocycles. The quantitative estimate of drug-likeness (QED) is 0.351. The molecule has 7 nitrogen and oxygen atoms in total. The standard InChI is InChI=1S/C21H16ClN3O4/c22-20-11-8-18(25(27)28)12-17(20)13-23-24-21(26)16-6-9-19(10-7-16)29-14-15-4-2-1-3-5-15/h1-13H,14H2,(H,24,26). The van der Waals surface area contributed by atoms with E-state index in [1.807, 2.05) is 30.3 Å². The van der Waals surface area contributed by atoms with Gasteiger partial charge >= 0.3 is 0 Å². The van der Waals surface area contributed by atoms with E-state index in [1.54, 1.807) is 24.3 Å². The van der Waals surface area contributed by atoms with Crippen molar-refractivity contribution in [3.63, 3.8) is 0 Å². The highest BCUT2D eigenvalue weighted by molar-refractivity contribution is 6.33. The Balaban J connectivity index is 1.57. The fraction of sp³-hybridized carbons (Fsp3) is 0.0476. The van der Waals surface area contributed by atoms with Crippen molar-refractivity contribution in [1.82, 2.24) is 5.43 Å². The molecule has 8 heteroatoms. The Morgan fingerprint density at radius 1 is 1.10 bits per heavy atom. The van der Waals surface area contributed by atoms with Gasteiger partial charge in [0.1, 0.15) is 12.4 Å². The number of nitro groups is 1. The first-order valence-electron chi connectivity index (χ1n) is 8.57. The Kier molecular flexibility index (Phi) is 6.55. The van der Waals surface area contributed by atoms with E-state index in [9.17, 15) is 14.9 Å². The van der Waals surface area contributed by atoms with E-state index in [1.165, 1.54) is 24.4 Å². The van der Waals surface area contributed by atoms with Crippen LogP contribution in [0.4, 0.5) is 5.69 Å². The SMILES string of the molecule is O=C(NN=Cc1cc([N+](=O)[O-])ccc1Cl)c1ccc(OCc2ccccc2)cc1. The zero-order valence-electron chi connectivity index (χ0n) is 15.1. The van der Waals surface area contributed by atoms with Crippen LogP contribution in [0.3, 0.4) is 0 Å². The molecule has 0 saturated carbocycles. The summed E-state index contributed by atoms with van der Waals surface area (Å²) in [7, 11) is 0. The molecule has 0 aliphatic rings. The second-order valence-corrected chi connectivity index (χ2v) is 6.37. The number of nitrogens with zero attached hydrogens (tertiary/aromatic N) is 2. The number of amides is 1. The zero-order chi connectivity index (χ0) is 20.6. The number of nitro benzene ring substituents is 1. The lowest BCUT2D eigenvalue weighted by atomic mass is 10.2.